The van der Waals surface area contributed by atoms with E-state index < -0.39 is 17.8 Å². The predicted octanol–water partition coefficient (Wildman–Crippen LogP) is 3.09. The van der Waals surface area contributed by atoms with E-state index >= 15 is 0 Å². The lowest BCUT2D eigenvalue weighted by atomic mass is 10.1. The average Bonchev–Trinajstić information content (AvgIpc) is 2.71. The van der Waals surface area contributed by atoms with Crippen LogP contribution < -0.4 is 20.9 Å². The van der Waals surface area contributed by atoms with Crippen LogP contribution in [0.15, 0.2) is 59.2 Å². The molecule has 0 aliphatic rings. The van der Waals surface area contributed by atoms with Crippen molar-refractivity contribution in [1.82, 2.24) is 10.9 Å². The molecule has 0 fully saturated rings. The van der Waals surface area contributed by atoms with Crippen LogP contribution >= 0.6 is 15.9 Å². The first-order valence-electron chi connectivity index (χ1n) is 8.89. The summed E-state index contributed by atoms with van der Waals surface area (Å²) in [7, 11) is 1.26. The van der Waals surface area contributed by atoms with Gasteiger partial charge in [-0.1, -0.05) is 24.8 Å². The first-order valence-corrected chi connectivity index (χ1v) is 9.68. The van der Waals surface area contributed by atoms with E-state index in [1.54, 1.807) is 30.3 Å². The number of ether oxygens (including phenoxy) is 2. The van der Waals surface area contributed by atoms with Gasteiger partial charge in [0.25, 0.3) is 5.91 Å². The summed E-state index contributed by atoms with van der Waals surface area (Å²) < 4.78 is 10.9. The zero-order chi connectivity index (χ0) is 22.1. The van der Waals surface area contributed by atoms with Gasteiger partial charge in [0.1, 0.15) is 5.75 Å². The molecule has 2 aromatic rings. The highest BCUT2D eigenvalue weighted by Crippen LogP contribution is 2.25. The predicted molar refractivity (Wildman–Crippen MR) is 116 cm³/mol. The van der Waals surface area contributed by atoms with Gasteiger partial charge in [-0.05, 0) is 52.7 Å². The summed E-state index contributed by atoms with van der Waals surface area (Å²) in [4.78, 5) is 35.9. The summed E-state index contributed by atoms with van der Waals surface area (Å²) in [6.45, 7) is 5.42. The molecule has 0 saturated heterocycles. The number of hydrazine groups is 1. The molecule has 0 heterocycles. The third-order valence-electron chi connectivity index (χ3n) is 3.81. The standard InChI is InChI=1S/C21H22BrN3O5/c1-13-8-9-18(16(22)10-13)30-12-20(27)25-24-14(2)11-19(26)23-17-7-5-4-6-15(17)21(28)29-3/h4-10,24H,2,11-12H2,1,3H3,(H,23,26)(H,25,27). The maximum Gasteiger partial charge on any atom is 0.339 e. The normalized spacial score (nSPS) is 9.97. The van der Waals surface area contributed by atoms with E-state index in [1.807, 2.05) is 19.1 Å². The number of methoxy groups -OCH3 is 1. The fourth-order valence-electron chi connectivity index (χ4n) is 2.37. The molecule has 0 atom stereocenters. The quantitative estimate of drug-likeness (QED) is 0.380. The molecule has 3 N–H and O–H groups in total. The van der Waals surface area contributed by atoms with Gasteiger partial charge in [-0.15, -0.1) is 0 Å². The monoisotopic (exact) mass is 475 g/mol. The van der Waals surface area contributed by atoms with Crippen LogP contribution in [0.2, 0.25) is 0 Å². The molecule has 2 rings (SSSR count). The van der Waals surface area contributed by atoms with Crippen LogP contribution in [0.5, 0.6) is 5.75 Å². The number of hydrogen-bond donors (Lipinski definition) is 3. The lowest BCUT2D eigenvalue weighted by Gasteiger charge is -2.13. The molecular formula is C21H22BrN3O5. The van der Waals surface area contributed by atoms with Gasteiger partial charge < -0.3 is 20.2 Å². The number of benzene rings is 2. The van der Waals surface area contributed by atoms with Crippen LogP contribution in [0, 0.1) is 6.92 Å². The van der Waals surface area contributed by atoms with Gasteiger partial charge in [-0.2, -0.15) is 0 Å². The number of hydrogen-bond acceptors (Lipinski definition) is 6. The molecule has 9 heteroatoms. The van der Waals surface area contributed by atoms with E-state index in [9.17, 15) is 14.4 Å². The van der Waals surface area contributed by atoms with Crippen LogP contribution in [0.4, 0.5) is 5.69 Å². The van der Waals surface area contributed by atoms with Gasteiger partial charge in [-0.3, -0.25) is 15.0 Å². The Hall–Kier alpha value is -3.33. The number of aryl methyl sites for hydroxylation is 1. The first-order chi connectivity index (χ1) is 14.3. The number of nitrogens with one attached hydrogen (secondary N) is 3. The number of halogens is 1. The van der Waals surface area contributed by atoms with Crippen molar-refractivity contribution in [3.8, 4) is 5.75 Å². The molecular weight excluding hydrogens is 454 g/mol. The smallest absolute Gasteiger partial charge is 0.339 e. The molecule has 0 aliphatic heterocycles. The molecule has 0 aromatic heterocycles. The third-order valence-corrected chi connectivity index (χ3v) is 4.42. The van der Waals surface area contributed by atoms with Crippen LogP contribution in [-0.4, -0.2) is 31.5 Å². The van der Waals surface area contributed by atoms with Crippen LogP contribution in [0.1, 0.15) is 22.3 Å². The van der Waals surface area contributed by atoms with Crippen LogP contribution in [0.25, 0.3) is 0 Å². The number of carbonyl (C=O) groups is 3. The van der Waals surface area contributed by atoms with Gasteiger partial charge in [0.15, 0.2) is 6.61 Å². The van der Waals surface area contributed by atoms with Crippen molar-refractivity contribution in [1.29, 1.82) is 0 Å². The van der Waals surface area contributed by atoms with Gasteiger partial charge in [-0.25, -0.2) is 4.79 Å². The number of rotatable bonds is 9. The van der Waals surface area contributed by atoms with Crippen molar-refractivity contribution in [2.75, 3.05) is 19.0 Å². The number of para-hydroxylation sites is 1. The lowest BCUT2D eigenvalue weighted by molar-refractivity contribution is -0.124. The molecule has 0 unspecified atom stereocenters. The van der Waals surface area contributed by atoms with Crippen molar-refractivity contribution in [3.63, 3.8) is 0 Å². The van der Waals surface area contributed by atoms with Gasteiger partial charge >= 0.3 is 5.97 Å². The Morgan fingerprint density at radius 1 is 1.07 bits per heavy atom. The minimum atomic E-state index is -0.560. The van der Waals surface area contributed by atoms with Crippen molar-refractivity contribution < 1.29 is 23.9 Å². The molecule has 158 valence electrons. The fourth-order valence-corrected chi connectivity index (χ4v) is 2.98. The topological polar surface area (TPSA) is 106 Å². The van der Waals surface area contributed by atoms with Gasteiger partial charge in [0.2, 0.25) is 5.91 Å². The van der Waals surface area contributed by atoms with Gasteiger partial charge in [0.05, 0.1) is 29.3 Å². The second kappa shape index (κ2) is 11.0. The Morgan fingerprint density at radius 3 is 2.50 bits per heavy atom. The molecule has 2 aromatic carbocycles. The zero-order valence-electron chi connectivity index (χ0n) is 16.6. The molecule has 30 heavy (non-hydrogen) atoms. The molecule has 0 aliphatic carbocycles. The highest BCUT2D eigenvalue weighted by atomic mass is 79.9. The fraction of sp³-hybridized carbons (Fsp3) is 0.190. The zero-order valence-corrected chi connectivity index (χ0v) is 18.2. The Bertz CT molecular complexity index is 961. The van der Waals surface area contributed by atoms with E-state index in [0.717, 1.165) is 10.0 Å². The Morgan fingerprint density at radius 2 is 1.80 bits per heavy atom. The molecule has 0 spiro atoms. The second-order valence-corrected chi connectivity index (χ2v) is 7.12. The van der Waals surface area contributed by atoms with Crippen molar-refractivity contribution >= 4 is 39.4 Å². The summed E-state index contributed by atoms with van der Waals surface area (Å²) >= 11 is 3.37. The lowest BCUT2D eigenvalue weighted by Crippen LogP contribution is -2.40. The highest BCUT2D eigenvalue weighted by molar-refractivity contribution is 9.10. The van der Waals surface area contributed by atoms with Gasteiger partial charge in [0, 0.05) is 5.70 Å². The number of carbonyl (C=O) groups excluding carboxylic acids is 3. The third kappa shape index (κ3) is 6.93. The minimum Gasteiger partial charge on any atom is -0.483 e. The maximum absolute atomic E-state index is 12.2. The summed E-state index contributed by atoms with van der Waals surface area (Å²) in [6, 6.07) is 12.0. The van der Waals surface area contributed by atoms with E-state index in [0.29, 0.717) is 11.4 Å². The van der Waals surface area contributed by atoms with Crippen LogP contribution in [0.3, 0.4) is 0 Å². The number of anilines is 1. The Labute approximate surface area is 182 Å². The molecule has 8 nitrogen and oxygen atoms in total. The van der Waals surface area contributed by atoms with E-state index in [2.05, 4.69) is 38.7 Å². The molecule has 2 amide bonds. The summed E-state index contributed by atoms with van der Waals surface area (Å²) in [5.74, 6) is -0.883. The average molecular weight is 476 g/mol. The SMILES string of the molecule is C=C(CC(=O)Nc1ccccc1C(=O)OC)NNC(=O)COc1ccc(C)cc1Br. The molecule has 0 saturated carbocycles. The first kappa shape index (κ1) is 23.0. The minimum absolute atomic E-state index is 0.125. The van der Waals surface area contributed by atoms with Crippen molar-refractivity contribution in [2.45, 2.75) is 13.3 Å². The number of amides is 2. The van der Waals surface area contributed by atoms with E-state index in [4.69, 9.17) is 9.47 Å². The highest BCUT2D eigenvalue weighted by Gasteiger charge is 2.14. The van der Waals surface area contributed by atoms with Crippen LogP contribution in [-0.2, 0) is 14.3 Å². The largest absolute Gasteiger partial charge is 0.483 e. The van der Waals surface area contributed by atoms with Crippen molar-refractivity contribution in [3.05, 3.63) is 70.3 Å². The summed E-state index contributed by atoms with van der Waals surface area (Å²) in [6.07, 6.45) is -0.125. The van der Waals surface area contributed by atoms with E-state index in [1.165, 1.54) is 7.11 Å². The molecule has 0 bridgehead atoms. The van der Waals surface area contributed by atoms with E-state index in [-0.39, 0.29) is 24.3 Å². The Kier molecular flexibility index (Phi) is 8.42. The van der Waals surface area contributed by atoms with Crippen molar-refractivity contribution in [2.24, 2.45) is 0 Å². The summed E-state index contributed by atoms with van der Waals surface area (Å²) in [5.41, 5.74) is 6.85. The molecule has 0 radical (unpaired) electrons. The Balaban J connectivity index is 1.78. The summed E-state index contributed by atoms with van der Waals surface area (Å²) in [5, 5.41) is 2.62. The number of esters is 1. The maximum atomic E-state index is 12.2. The second-order valence-electron chi connectivity index (χ2n) is 6.26.